The average Bonchev–Trinajstić information content (AvgIpc) is 3.22. The van der Waals surface area contributed by atoms with Gasteiger partial charge in [0, 0.05) is 11.4 Å². The Balaban J connectivity index is 1.38. The van der Waals surface area contributed by atoms with Crippen LogP contribution in [-0.2, 0) is 14.8 Å². The highest BCUT2D eigenvalue weighted by Crippen LogP contribution is 2.42. The van der Waals surface area contributed by atoms with E-state index in [4.69, 9.17) is 0 Å². The summed E-state index contributed by atoms with van der Waals surface area (Å²) >= 11 is 1.57. The molecule has 0 aromatic heterocycles. The zero-order valence-corrected chi connectivity index (χ0v) is 20.5. The number of anilines is 2. The second-order valence-corrected chi connectivity index (χ2v) is 11.2. The second kappa shape index (κ2) is 8.81. The minimum absolute atomic E-state index is 0.0688. The maximum Gasteiger partial charge on any atom is 0.261 e. The largest absolute Gasteiger partial charge is 0.295 e. The Hall–Kier alpha value is -3.29. The van der Waals surface area contributed by atoms with E-state index in [-0.39, 0.29) is 16.2 Å². The van der Waals surface area contributed by atoms with Crippen molar-refractivity contribution in [2.45, 2.75) is 24.1 Å². The molecule has 1 aliphatic heterocycles. The van der Waals surface area contributed by atoms with Crippen LogP contribution in [0.25, 0.3) is 10.8 Å². The standard InChI is InChI=1S/C27H24N2O3S2/c1-18-7-13-24(15-19(18)2)29-26(30)17-33-27(29)21-8-11-23(12-9-21)28-34(31,32)25-14-10-20-5-3-4-6-22(20)16-25/h3-16,27-28H,17H2,1-2H3/t27-/m0/s1. The molecule has 0 radical (unpaired) electrons. The lowest BCUT2D eigenvalue weighted by molar-refractivity contribution is -0.115. The quantitative estimate of drug-likeness (QED) is 0.372. The maximum absolute atomic E-state index is 13.0. The molecule has 5 rings (SSSR count). The summed E-state index contributed by atoms with van der Waals surface area (Å²) in [6.45, 7) is 4.09. The molecule has 7 heteroatoms. The predicted octanol–water partition coefficient (Wildman–Crippen LogP) is 6.04. The summed E-state index contributed by atoms with van der Waals surface area (Å²) in [6, 6.07) is 26.0. The van der Waals surface area contributed by atoms with E-state index >= 15 is 0 Å². The number of hydrogen-bond donors (Lipinski definition) is 1. The number of sulfonamides is 1. The zero-order valence-electron chi connectivity index (χ0n) is 18.9. The Morgan fingerprint density at radius 3 is 2.32 bits per heavy atom. The highest BCUT2D eigenvalue weighted by atomic mass is 32.2. The smallest absolute Gasteiger partial charge is 0.261 e. The third-order valence-corrected chi connectivity index (χ3v) is 8.71. The molecule has 4 aromatic rings. The lowest BCUT2D eigenvalue weighted by atomic mass is 10.1. The third kappa shape index (κ3) is 4.29. The van der Waals surface area contributed by atoms with Gasteiger partial charge in [-0.15, -0.1) is 11.8 Å². The van der Waals surface area contributed by atoms with Crippen LogP contribution in [-0.4, -0.2) is 20.1 Å². The van der Waals surface area contributed by atoms with E-state index in [2.05, 4.69) is 11.6 Å². The normalized spacial score (nSPS) is 16.2. The van der Waals surface area contributed by atoms with Gasteiger partial charge in [0.15, 0.2) is 0 Å². The first-order valence-corrected chi connectivity index (χ1v) is 13.5. The van der Waals surface area contributed by atoms with Gasteiger partial charge >= 0.3 is 0 Å². The van der Waals surface area contributed by atoms with E-state index in [1.807, 2.05) is 72.5 Å². The van der Waals surface area contributed by atoms with E-state index in [1.54, 1.807) is 36.0 Å². The number of carbonyl (C=O) groups excluding carboxylic acids is 1. The number of aryl methyl sites for hydroxylation is 2. The van der Waals surface area contributed by atoms with Gasteiger partial charge in [-0.3, -0.25) is 14.4 Å². The molecule has 1 amide bonds. The number of carbonyl (C=O) groups is 1. The summed E-state index contributed by atoms with van der Waals surface area (Å²) in [4.78, 5) is 14.7. The number of thioether (sulfide) groups is 1. The highest BCUT2D eigenvalue weighted by molar-refractivity contribution is 8.00. The summed E-state index contributed by atoms with van der Waals surface area (Å²) in [5.41, 5.74) is 4.62. The molecule has 4 aromatic carbocycles. The summed E-state index contributed by atoms with van der Waals surface area (Å²) in [5, 5.41) is 1.71. The van der Waals surface area contributed by atoms with Crippen LogP contribution in [0.4, 0.5) is 11.4 Å². The Bertz CT molecular complexity index is 1500. The van der Waals surface area contributed by atoms with Crippen molar-refractivity contribution in [3.8, 4) is 0 Å². The molecule has 172 valence electrons. The number of fused-ring (bicyclic) bond motifs is 1. The van der Waals surface area contributed by atoms with Crippen LogP contribution in [0.3, 0.4) is 0 Å². The summed E-state index contributed by atoms with van der Waals surface area (Å²) < 4.78 is 28.6. The van der Waals surface area contributed by atoms with Crippen molar-refractivity contribution in [1.82, 2.24) is 0 Å². The highest BCUT2D eigenvalue weighted by Gasteiger charge is 2.34. The lowest BCUT2D eigenvalue weighted by Crippen LogP contribution is -2.27. The van der Waals surface area contributed by atoms with Crippen molar-refractivity contribution in [1.29, 1.82) is 0 Å². The van der Waals surface area contributed by atoms with E-state index < -0.39 is 10.0 Å². The summed E-state index contributed by atoms with van der Waals surface area (Å²) in [5.74, 6) is 0.479. The molecule has 1 aliphatic rings. The molecule has 0 unspecified atom stereocenters. The molecule has 0 spiro atoms. The van der Waals surface area contributed by atoms with Crippen molar-refractivity contribution in [2.24, 2.45) is 0 Å². The average molecular weight is 489 g/mol. The fraction of sp³-hybridized carbons (Fsp3) is 0.148. The van der Waals surface area contributed by atoms with Gasteiger partial charge in [-0.05, 0) is 77.7 Å². The minimum Gasteiger partial charge on any atom is -0.295 e. The number of amides is 1. The SMILES string of the molecule is Cc1ccc(N2C(=O)CS[C@H]2c2ccc(NS(=O)(=O)c3ccc4ccccc4c3)cc2)cc1C. The van der Waals surface area contributed by atoms with Gasteiger partial charge in [-0.25, -0.2) is 8.42 Å². The van der Waals surface area contributed by atoms with Crippen LogP contribution >= 0.6 is 11.8 Å². The Kier molecular flexibility index (Phi) is 5.83. The van der Waals surface area contributed by atoms with Crippen molar-refractivity contribution in [3.05, 3.63) is 102 Å². The van der Waals surface area contributed by atoms with E-state index in [9.17, 15) is 13.2 Å². The number of nitrogens with zero attached hydrogens (tertiary/aromatic N) is 1. The number of hydrogen-bond acceptors (Lipinski definition) is 4. The molecule has 1 N–H and O–H groups in total. The van der Waals surface area contributed by atoms with Crippen LogP contribution in [0.1, 0.15) is 22.1 Å². The zero-order chi connectivity index (χ0) is 23.9. The second-order valence-electron chi connectivity index (χ2n) is 8.43. The fourth-order valence-electron chi connectivity index (χ4n) is 4.09. The number of nitrogens with one attached hydrogen (secondary N) is 1. The van der Waals surface area contributed by atoms with Gasteiger partial charge in [0.2, 0.25) is 5.91 Å². The molecule has 1 atom stereocenters. The molecule has 0 saturated carbocycles. The van der Waals surface area contributed by atoms with Gasteiger partial charge in [-0.1, -0.05) is 48.5 Å². The Labute approximate surface area is 203 Å². The molecule has 1 saturated heterocycles. The first-order valence-electron chi connectivity index (χ1n) is 10.9. The monoisotopic (exact) mass is 488 g/mol. The maximum atomic E-state index is 13.0. The van der Waals surface area contributed by atoms with Crippen LogP contribution < -0.4 is 9.62 Å². The molecular formula is C27H24N2O3S2. The Morgan fingerprint density at radius 2 is 1.59 bits per heavy atom. The molecule has 1 fully saturated rings. The minimum atomic E-state index is -3.73. The summed E-state index contributed by atoms with van der Waals surface area (Å²) in [7, 11) is -3.73. The Morgan fingerprint density at radius 1 is 0.853 bits per heavy atom. The molecule has 34 heavy (non-hydrogen) atoms. The first-order chi connectivity index (χ1) is 16.3. The van der Waals surface area contributed by atoms with Crippen molar-refractivity contribution >= 4 is 49.8 Å². The van der Waals surface area contributed by atoms with Crippen molar-refractivity contribution < 1.29 is 13.2 Å². The van der Waals surface area contributed by atoms with Gasteiger partial charge in [0.1, 0.15) is 5.37 Å². The van der Waals surface area contributed by atoms with E-state index in [1.165, 1.54) is 5.56 Å². The van der Waals surface area contributed by atoms with Crippen LogP contribution in [0.5, 0.6) is 0 Å². The molecule has 0 bridgehead atoms. The molecule has 1 heterocycles. The van der Waals surface area contributed by atoms with Gasteiger partial charge in [0.25, 0.3) is 10.0 Å². The third-order valence-electron chi connectivity index (χ3n) is 6.12. The number of rotatable bonds is 5. The predicted molar refractivity (Wildman–Crippen MR) is 140 cm³/mol. The number of benzene rings is 4. The van der Waals surface area contributed by atoms with E-state index in [0.717, 1.165) is 27.6 Å². The topological polar surface area (TPSA) is 66.5 Å². The van der Waals surface area contributed by atoms with Crippen molar-refractivity contribution in [3.63, 3.8) is 0 Å². The van der Waals surface area contributed by atoms with Crippen LogP contribution in [0, 0.1) is 13.8 Å². The van der Waals surface area contributed by atoms with E-state index in [0.29, 0.717) is 11.4 Å². The van der Waals surface area contributed by atoms with Gasteiger partial charge in [0.05, 0.1) is 10.6 Å². The molecule has 5 nitrogen and oxygen atoms in total. The fourth-order valence-corrected chi connectivity index (χ4v) is 6.36. The first kappa shape index (κ1) is 22.5. The van der Waals surface area contributed by atoms with Gasteiger partial charge in [-0.2, -0.15) is 0 Å². The van der Waals surface area contributed by atoms with Crippen LogP contribution in [0.15, 0.2) is 89.8 Å². The lowest BCUT2D eigenvalue weighted by Gasteiger charge is -2.25. The molecular weight excluding hydrogens is 464 g/mol. The van der Waals surface area contributed by atoms with Gasteiger partial charge < -0.3 is 0 Å². The summed E-state index contributed by atoms with van der Waals surface area (Å²) in [6.07, 6.45) is 0. The van der Waals surface area contributed by atoms with Crippen LogP contribution in [0.2, 0.25) is 0 Å². The molecule has 0 aliphatic carbocycles. The van der Waals surface area contributed by atoms with Crippen molar-refractivity contribution in [2.75, 3.05) is 15.4 Å².